The van der Waals surface area contributed by atoms with E-state index in [1.54, 1.807) is 0 Å². The van der Waals surface area contributed by atoms with Crippen molar-refractivity contribution in [1.29, 1.82) is 0 Å². The standard InChI is InChI=1S/C18H26N4/c1-19-13-17-12-18(20-16-10-6-3-7-11-16)22(21-17)14-15-8-4-2-5-9-15/h3,6-7,10-12,15,19-20H,2,4-5,8-9,13-14H2,1H3. The van der Waals surface area contributed by atoms with E-state index in [2.05, 4.69) is 45.6 Å². The molecule has 118 valence electrons. The fraction of sp³-hybridized carbons (Fsp3) is 0.500. The lowest BCUT2D eigenvalue weighted by Gasteiger charge is -2.22. The van der Waals surface area contributed by atoms with Crippen LogP contribution < -0.4 is 10.6 Å². The minimum atomic E-state index is 0.771. The molecule has 0 unspecified atom stereocenters. The van der Waals surface area contributed by atoms with Gasteiger partial charge in [0.2, 0.25) is 0 Å². The van der Waals surface area contributed by atoms with Crippen molar-refractivity contribution in [1.82, 2.24) is 15.1 Å². The SMILES string of the molecule is CNCc1cc(Nc2ccccc2)n(CC2CCCCC2)n1. The number of para-hydroxylation sites is 1. The van der Waals surface area contributed by atoms with Crippen LogP contribution in [0.2, 0.25) is 0 Å². The smallest absolute Gasteiger partial charge is 0.128 e. The third kappa shape index (κ3) is 3.89. The topological polar surface area (TPSA) is 41.9 Å². The molecular weight excluding hydrogens is 272 g/mol. The van der Waals surface area contributed by atoms with Crippen molar-refractivity contribution in [2.45, 2.75) is 45.2 Å². The molecule has 2 N–H and O–H groups in total. The zero-order valence-electron chi connectivity index (χ0n) is 13.4. The van der Waals surface area contributed by atoms with Gasteiger partial charge < -0.3 is 10.6 Å². The maximum Gasteiger partial charge on any atom is 0.128 e. The first-order valence-corrected chi connectivity index (χ1v) is 8.38. The molecule has 4 nitrogen and oxygen atoms in total. The third-order valence-corrected chi connectivity index (χ3v) is 4.39. The highest BCUT2D eigenvalue weighted by Crippen LogP contribution is 2.27. The van der Waals surface area contributed by atoms with Crippen LogP contribution in [-0.2, 0) is 13.1 Å². The largest absolute Gasteiger partial charge is 0.340 e. The molecule has 1 saturated carbocycles. The van der Waals surface area contributed by atoms with Gasteiger partial charge in [0.25, 0.3) is 0 Å². The Hall–Kier alpha value is -1.81. The molecule has 2 aromatic rings. The Balaban J connectivity index is 1.76. The molecule has 0 amide bonds. The summed E-state index contributed by atoms with van der Waals surface area (Å²) in [5.74, 6) is 1.87. The first kappa shape index (κ1) is 15.1. The summed E-state index contributed by atoms with van der Waals surface area (Å²) in [5.41, 5.74) is 2.21. The quantitative estimate of drug-likeness (QED) is 0.849. The zero-order valence-corrected chi connectivity index (χ0v) is 13.4. The molecule has 22 heavy (non-hydrogen) atoms. The van der Waals surface area contributed by atoms with Gasteiger partial charge in [0.15, 0.2) is 0 Å². The average molecular weight is 298 g/mol. The Labute approximate surface area is 132 Å². The molecule has 1 aliphatic rings. The van der Waals surface area contributed by atoms with Gasteiger partial charge in [-0.15, -0.1) is 0 Å². The van der Waals surface area contributed by atoms with E-state index in [0.717, 1.165) is 36.2 Å². The number of anilines is 2. The predicted molar refractivity (Wildman–Crippen MR) is 91.3 cm³/mol. The van der Waals surface area contributed by atoms with Crippen molar-refractivity contribution in [3.63, 3.8) is 0 Å². The lowest BCUT2D eigenvalue weighted by Crippen LogP contribution is -2.17. The highest BCUT2D eigenvalue weighted by Gasteiger charge is 2.17. The second-order valence-electron chi connectivity index (χ2n) is 6.23. The molecule has 0 saturated heterocycles. The number of rotatable bonds is 6. The maximum atomic E-state index is 4.78. The number of hydrogen-bond donors (Lipinski definition) is 2. The van der Waals surface area contributed by atoms with E-state index in [-0.39, 0.29) is 0 Å². The minimum absolute atomic E-state index is 0.771. The van der Waals surface area contributed by atoms with Crippen molar-refractivity contribution in [2.24, 2.45) is 5.92 Å². The molecule has 0 bridgehead atoms. The van der Waals surface area contributed by atoms with Crippen molar-refractivity contribution < 1.29 is 0 Å². The van der Waals surface area contributed by atoms with Gasteiger partial charge >= 0.3 is 0 Å². The number of benzene rings is 1. The number of hydrogen-bond acceptors (Lipinski definition) is 3. The molecule has 0 spiro atoms. The third-order valence-electron chi connectivity index (χ3n) is 4.39. The summed E-state index contributed by atoms with van der Waals surface area (Å²) in [6, 6.07) is 12.5. The Morgan fingerprint density at radius 2 is 1.91 bits per heavy atom. The fourth-order valence-electron chi connectivity index (χ4n) is 3.26. The van der Waals surface area contributed by atoms with E-state index < -0.39 is 0 Å². The maximum absolute atomic E-state index is 4.78. The van der Waals surface area contributed by atoms with Crippen LogP contribution in [0.5, 0.6) is 0 Å². The van der Waals surface area contributed by atoms with Crippen LogP contribution in [0.4, 0.5) is 11.5 Å². The Morgan fingerprint density at radius 3 is 2.64 bits per heavy atom. The Bertz CT molecular complexity index is 570. The van der Waals surface area contributed by atoms with Crippen LogP contribution >= 0.6 is 0 Å². The van der Waals surface area contributed by atoms with Crippen molar-refractivity contribution in [3.8, 4) is 0 Å². The van der Waals surface area contributed by atoms with Gasteiger partial charge in [-0.1, -0.05) is 37.5 Å². The molecule has 1 heterocycles. The Kier molecular flexibility index (Phi) is 5.11. The molecular formula is C18H26N4. The van der Waals surface area contributed by atoms with Gasteiger partial charge in [-0.2, -0.15) is 5.10 Å². The van der Waals surface area contributed by atoms with Crippen LogP contribution in [0.1, 0.15) is 37.8 Å². The summed E-state index contributed by atoms with van der Waals surface area (Å²) >= 11 is 0. The summed E-state index contributed by atoms with van der Waals surface area (Å²) in [4.78, 5) is 0. The van der Waals surface area contributed by atoms with Crippen LogP contribution in [0.3, 0.4) is 0 Å². The summed E-state index contributed by atoms with van der Waals surface area (Å²) in [7, 11) is 1.96. The highest BCUT2D eigenvalue weighted by atomic mass is 15.3. The van der Waals surface area contributed by atoms with E-state index >= 15 is 0 Å². The molecule has 0 radical (unpaired) electrons. The van der Waals surface area contributed by atoms with Gasteiger partial charge in [-0.05, 0) is 37.9 Å². The van der Waals surface area contributed by atoms with Gasteiger partial charge in [0.1, 0.15) is 5.82 Å². The fourth-order valence-corrected chi connectivity index (χ4v) is 3.26. The summed E-state index contributed by atoms with van der Waals surface area (Å²) < 4.78 is 2.16. The normalized spacial score (nSPS) is 15.9. The first-order valence-electron chi connectivity index (χ1n) is 8.38. The van der Waals surface area contributed by atoms with Gasteiger partial charge in [0.05, 0.1) is 5.69 Å². The van der Waals surface area contributed by atoms with Crippen molar-refractivity contribution in [3.05, 3.63) is 42.1 Å². The van der Waals surface area contributed by atoms with Crippen molar-refractivity contribution >= 4 is 11.5 Å². The van der Waals surface area contributed by atoms with Crippen LogP contribution in [0.15, 0.2) is 36.4 Å². The highest BCUT2D eigenvalue weighted by molar-refractivity contribution is 5.56. The molecule has 1 fully saturated rings. The first-order chi connectivity index (χ1) is 10.8. The number of nitrogens with zero attached hydrogens (tertiary/aromatic N) is 2. The van der Waals surface area contributed by atoms with E-state index in [9.17, 15) is 0 Å². The van der Waals surface area contributed by atoms with Gasteiger partial charge in [-0.3, -0.25) is 0 Å². The van der Waals surface area contributed by atoms with Crippen LogP contribution in [0.25, 0.3) is 0 Å². The molecule has 0 aliphatic heterocycles. The lowest BCUT2D eigenvalue weighted by molar-refractivity contribution is 0.309. The van der Waals surface area contributed by atoms with Crippen LogP contribution in [-0.4, -0.2) is 16.8 Å². The minimum Gasteiger partial charge on any atom is -0.340 e. The molecule has 1 aliphatic carbocycles. The zero-order chi connectivity index (χ0) is 15.2. The molecule has 1 aromatic heterocycles. The van der Waals surface area contributed by atoms with E-state index in [1.807, 2.05) is 13.1 Å². The summed E-state index contributed by atoms with van der Waals surface area (Å²) in [6.45, 7) is 1.83. The van der Waals surface area contributed by atoms with E-state index in [0.29, 0.717) is 0 Å². The van der Waals surface area contributed by atoms with E-state index in [1.165, 1.54) is 32.1 Å². The Morgan fingerprint density at radius 1 is 1.14 bits per heavy atom. The average Bonchev–Trinajstić information content (AvgIpc) is 2.91. The molecule has 3 rings (SSSR count). The second-order valence-corrected chi connectivity index (χ2v) is 6.23. The monoisotopic (exact) mass is 298 g/mol. The van der Waals surface area contributed by atoms with Gasteiger partial charge in [-0.25, -0.2) is 4.68 Å². The molecule has 0 atom stereocenters. The van der Waals surface area contributed by atoms with Gasteiger partial charge in [0, 0.05) is 24.8 Å². The van der Waals surface area contributed by atoms with Crippen molar-refractivity contribution in [2.75, 3.05) is 12.4 Å². The summed E-state index contributed by atoms with van der Waals surface area (Å²) in [5, 5.41) is 11.5. The van der Waals surface area contributed by atoms with Crippen LogP contribution in [0, 0.1) is 5.92 Å². The summed E-state index contributed by atoms with van der Waals surface area (Å²) in [6.07, 6.45) is 6.82. The second kappa shape index (κ2) is 7.45. The number of aromatic nitrogens is 2. The molecule has 1 aromatic carbocycles. The number of nitrogens with one attached hydrogen (secondary N) is 2. The van der Waals surface area contributed by atoms with E-state index in [4.69, 9.17) is 5.10 Å². The predicted octanol–water partition coefficient (Wildman–Crippen LogP) is 3.93. The molecule has 4 heteroatoms. The lowest BCUT2D eigenvalue weighted by atomic mass is 9.89.